The Kier molecular flexibility index (Phi) is 4.39. The number of rotatable bonds is 5. The number of methoxy groups -OCH3 is 2. The molecule has 5 heteroatoms. The van der Waals surface area contributed by atoms with Crippen LogP contribution in [-0.2, 0) is 0 Å². The standard InChI is InChI=1S/C14H18N2O2S/c1-9(15-2)12-8-19-14(16-12)11-6-5-10(17-3)7-13(11)18-4/h5-9,15H,1-4H3. The van der Waals surface area contributed by atoms with Gasteiger partial charge in [0.1, 0.15) is 16.5 Å². The van der Waals surface area contributed by atoms with Crippen LogP contribution in [0, 0.1) is 0 Å². The average Bonchev–Trinajstić information content (AvgIpc) is 2.95. The van der Waals surface area contributed by atoms with Gasteiger partial charge in [-0.1, -0.05) is 0 Å². The molecule has 0 saturated carbocycles. The second-order valence-electron chi connectivity index (χ2n) is 4.15. The van der Waals surface area contributed by atoms with Gasteiger partial charge in [-0.05, 0) is 26.1 Å². The molecule has 0 fully saturated rings. The van der Waals surface area contributed by atoms with Gasteiger partial charge in [0.25, 0.3) is 0 Å². The molecular formula is C14H18N2O2S. The van der Waals surface area contributed by atoms with Crippen LogP contribution in [0.5, 0.6) is 11.5 Å². The van der Waals surface area contributed by atoms with Crippen molar-refractivity contribution in [1.82, 2.24) is 10.3 Å². The molecule has 1 unspecified atom stereocenters. The van der Waals surface area contributed by atoms with Crippen molar-refractivity contribution in [2.24, 2.45) is 0 Å². The van der Waals surface area contributed by atoms with Gasteiger partial charge in [0, 0.05) is 17.5 Å². The van der Waals surface area contributed by atoms with Crippen molar-refractivity contribution in [3.63, 3.8) is 0 Å². The Bertz CT molecular complexity index is 554. The predicted molar refractivity (Wildman–Crippen MR) is 78.1 cm³/mol. The molecular weight excluding hydrogens is 260 g/mol. The zero-order valence-corrected chi connectivity index (χ0v) is 12.4. The lowest BCUT2D eigenvalue weighted by Gasteiger charge is -2.08. The first-order valence-electron chi connectivity index (χ1n) is 6.04. The third-order valence-corrected chi connectivity index (χ3v) is 3.93. The summed E-state index contributed by atoms with van der Waals surface area (Å²) in [6.45, 7) is 2.09. The average molecular weight is 278 g/mol. The molecule has 1 N–H and O–H groups in total. The molecule has 2 rings (SSSR count). The van der Waals surface area contributed by atoms with Crippen molar-refractivity contribution in [1.29, 1.82) is 0 Å². The number of hydrogen-bond acceptors (Lipinski definition) is 5. The molecule has 19 heavy (non-hydrogen) atoms. The lowest BCUT2D eigenvalue weighted by Crippen LogP contribution is -2.12. The van der Waals surface area contributed by atoms with Crippen molar-refractivity contribution in [2.75, 3.05) is 21.3 Å². The fraction of sp³-hybridized carbons (Fsp3) is 0.357. The zero-order chi connectivity index (χ0) is 13.8. The molecule has 1 aromatic carbocycles. The number of aromatic nitrogens is 1. The maximum Gasteiger partial charge on any atom is 0.132 e. The smallest absolute Gasteiger partial charge is 0.132 e. The van der Waals surface area contributed by atoms with E-state index in [0.29, 0.717) is 0 Å². The second-order valence-corrected chi connectivity index (χ2v) is 5.01. The number of hydrogen-bond donors (Lipinski definition) is 1. The molecule has 1 aromatic heterocycles. The zero-order valence-electron chi connectivity index (χ0n) is 11.6. The van der Waals surface area contributed by atoms with Gasteiger partial charge >= 0.3 is 0 Å². The first kappa shape index (κ1) is 13.8. The van der Waals surface area contributed by atoms with Crippen molar-refractivity contribution in [3.05, 3.63) is 29.3 Å². The second kappa shape index (κ2) is 6.04. The normalized spacial score (nSPS) is 12.2. The fourth-order valence-electron chi connectivity index (χ4n) is 1.73. The minimum absolute atomic E-state index is 0.245. The highest BCUT2D eigenvalue weighted by molar-refractivity contribution is 7.13. The number of nitrogens with zero attached hydrogens (tertiary/aromatic N) is 1. The largest absolute Gasteiger partial charge is 0.497 e. The fourth-order valence-corrected chi connectivity index (χ4v) is 2.67. The highest BCUT2D eigenvalue weighted by Gasteiger charge is 2.13. The summed E-state index contributed by atoms with van der Waals surface area (Å²) >= 11 is 1.62. The van der Waals surface area contributed by atoms with Crippen LogP contribution in [0.1, 0.15) is 18.7 Å². The van der Waals surface area contributed by atoms with Crippen LogP contribution >= 0.6 is 11.3 Å². The molecule has 1 atom stereocenters. The lowest BCUT2D eigenvalue weighted by molar-refractivity contribution is 0.395. The number of benzene rings is 1. The monoisotopic (exact) mass is 278 g/mol. The summed E-state index contributed by atoms with van der Waals surface area (Å²) in [6.07, 6.45) is 0. The van der Waals surface area contributed by atoms with Crippen LogP contribution < -0.4 is 14.8 Å². The Labute approximate surface area is 117 Å². The van der Waals surface area contributed by atoms with Crippen LogP contribution in [0.25, 0.3) is 10.6 Å². The minimum Gasteiger partial charge on any atom is -0.497 e. The molecule has 0 aliphatic heterocycles. The third-order valence-electron chi connectivity index (χ3n) is 3.04. The van der Waals surface area contributed by atoms with Crippen LogP contribution in [-0.4, -0.2) is 26.3 Å². The highest BCUT2D eigenvalue weighted by Crippen LogP contribution is 2.35. The van der Waals surface area contributed by atoms with E-state index in [4.69, 9.17) is 9.47 Å². The molecule has 0 saturated heterocycles. The molecule has 2 aromatic rings. The van der Waals surface area contributed by atoms with E-state index in [1.165, 1.54) is 0 Å². The molecule has 0 amide bonds. The van der Waals surface area contributed by atoms with Crippen molar-refractivity contribution < 1.29 is 9.47 Å². The van der Waals surface area contributed by atoms with E-state index in [1.807, 2.05) is 25.2 Å². The van der Waals surface area contributed by atoms with Crippen molar-refractivity contribution in [3.8, 4) is 22.1 Å². The quantitative estimate of drug-likeness (QED) is 0.912. The van der Waals surface area contributed by atoms with Gasteiger partial charge in [0.15, 0.2) is 0 Å². The molecule has 0 spiro atoms. The Hall–Kier alpha value is -1.59. The molecule has 0 aliphatic carbocycles. The first-order chi connectivity index (χ1) is 9.19. The Morgan fingerprint density at radius 1 is 1.26 bits per heavy atom. The van der Waals surface area contributed by atoms with Gasteiger partial charge in [-0.3, -0.25) is 0 Å². The van der Waals surface area contributed by atoms with E-state index in [0.717, 1.165) is 27.8 Å². The maximum atomic E-state index is 5.41. The number of ether oxygens (including phenoxy) is 2. The Morgan fingerprint density at radius 3 is 2.68 bits per heavy atom. The Morgan fingerprint density at radius 2 is 2.05 bits per heavy atom. The van der Waals surface area contributed by atoms with Gasteiger partial charge in [0.2, 0.25) is 0 Å². The van der Waals surface area contributed by atoms with Gasteiger partial charge in [-0.25, -0.2) is 4.98 Å². The lowest BCUT2D eigenvalue weighted by atomic mass is 10.2. The Balaban J connectivity index is 2.38. The maximum absolute atomic E-state index is 5.41. The van der Waals surface area contributed by atoms with E-state index in [-0.39, 0.29) is 6.04 Å². The number of nitrogens with one attached hydrogen (secondary N) is 1. The summed E-state index contributed by atoms with van der Waals surface area (Å²) in [5.41, 5.74) is 2.03. The summed E-state index contributed by atoms with van der Waals surface area (Å²) in [5.74, 6) is 1.55. The molecule has 4 nitrogen and oxygen atoms in total. The topological polar surface area (TPSA) is 43.4 Å². The number of thiazole rings is 1. The SMILES string of the molecule is CNC(C)c1csc(-c2ccc(OC)cc2OC)n1. The van der Waals surface area contributed by atoms with Gasteiger partial charge in [0.05, 0.1) is 25.5 Å². The third kappa shape index (κ3) is 2.88. The minimum atomic E-state index is 0.245. The summed E-state index contributed by atoms with van der Waals surface area (Å²) in [6, 6.07) is 6.01. The van der Waals surface area contributed by atoms with Crippen LogP contribution in [0.15, 0.2) is 23.6 Å². The van der Waals surface area contributed by atoms with Crippen LogP contribution in [0.4, 0.5) is 0 Å². The molecule has 0 bridgehead atoms. The molecule has 0 aliphatic rings. The van der Waals surface area contributed by atoms with Crippen molar-refractivity contribution >= 4 is 11.3 Å². The van der Waals surface area contributed by atoms with E-state index in [2.05, 4.69) is 22.6 Å². The molecule has 1 heterocycles. The van der Waals surface area contributed by atoms with E-state index in [9.17, 15) is 0 Å². The van der Waals surface area contributed by atoms with E-state index in [1.54, 1.807) is 25.6 Å². The van der Waals surface area contributed by atoms with Gasteiger partial charge in [-0.2, -0.15) is 0 Å². The van der Waals surface area contributed by atoms with Crippen LogP contribution in [0.2, 0.25) is 0 Å². The van der Waals surface area contributed by atoms with Crippen LogP contribution in [0.3, 0.4) is 0 Å². The van der Waals surface area contributed by atoms with Gasteiger partial charge < -0.3 is 14.8 Å². The summed E-state index contributed by atoms with van der Waals surface area (Å²) in [7, 11) is 5.23. The van der Waals surface area contributed by atoms with E-state index >= 15 is 0 Å². The highest BCUT2D eigenvalue weighted by atomic mass is 32.1. The summed E-state index contributed by atoms with van der Waals surface area (Å²) in [4.78, 5) is 4.65. The first-order valence-corrected chi connectivity index (χ1v) is 6.92. The molecule has 0 radical (unpaired) electrons. The summed E-state index contributed by atoms with van der Waals surface area (Å²) < 4.78 is 10.6. The summed E-state index contributed by atoms with van der Waals surface area (Å²) in [5, 5.41) is 6.21. The molecule has 102 valence electrons. The van der Waals surface area contributed by atoms with E-state index < -0.39 is 0 Å². The van der Waals surface area contributed by atoms with Gasteiger partial charge in [-0.15, -0.1) is 11.3 Å². The predicted octanol–water partition coefficient (Wildman–Crippen LogP) is 3.11. The van der Waals surface area contributed by atoms with Crippen molar-refractivity contribution in [2.45, 2.75) is 13.0 Å².